The quantitative estimate of drug-likeness (QED) is 0.737. The van der Waals surface area contributed by atoms with Crippen LogP contribution in [0.2, 0.25) is 0 Å². The van der Waals surface area contributed by atoms with Gasteiger partial charge in [0.2, 0.25) is 0 Å². The Bertz CT molecular complexity index is 297. The number of halogens is 2. The highest BCUT2D eigenvalue weighted by Crippen LogP contribution is 2.17. The molecule has 0 bridgehead atoms. The van der Waals surface area contributed by atoms with Crippen molar-refractivity contribution in [3.63, 3.8) is 0 Å². The molecule has 1 unspecified atom stereocenters. The molecule has 70 valence electrons. The van der Waals surface area contributed by atoms with Crippen molar-refractivity contribution < 1.29 is 13.5 Å². The van der Waals surface area contributed by atoms with Crippen molar-refractivity contribution in [2.24, 2.45) is 0 Å². The third kappa shape index (κ3) is 2.42. The van der Waals surface area contributed by atoms with E-state index >= 15 is 0 Å². The van der Waals surface area contributed by atoms with E-state index < -0.39 is 11.9 Å². The summed E-state index contributed by atoms with van der Waals surface area (Å²) < 4.78 is 16.5. The zero-order valence-corrected chi connectivity index (χ0v) is 7.72. The van der Waals surface area contributed by atoms with Gasteiger partial charge in [0.15, 0.2) is 0 Å². The van der Waals surface area contributed by atoms with E-state index in [0.717, 1.165) is 0 Å². The summed E-state index contributed by atoms with van der Waals surface area (Å²) in [6, 6.07) is 5.61. The van der Waals surface area contributed by atoms with Gasteiger partial charge in [-0.1, -0.05) is 12.1 Å². The zero-order chi connectivity index (χ0) is 9.84. The molecule has 0 aliphatic heterocycles. The maximum atomic E-state index is 12.5. The van der Waals surface area contributed by atoms with Crippen LogP contribution in [0.25, 0.3) is 0 Å². The molecule has 0 amide bonds. The van der Waals surface area contributed by atoms with Crippen LogP contribution in [0.5, 0.6) is 0 Å². The fraction of sp³-hybridized carbons (Fsp3) is 0.222. The first-order valence-corrected chi connectivity index (χ1v) is 4.04. The maximum Gasteiger partial charge on any atom is 0.331 e. The lowest BCUT2D eigenvalue weighted by atomic mass is 10.0. The smallest absolute Gasteiger partial charge is 0.331 e. The van der Waals surface area contributed by atoms with Crippen molar-refractivity contribution in [3.8, 4) is 0 Å². The van der Waals surface area contributed by atoms with E-state index in [1.807, 2.05) is 0 Å². The van der Waals surface area contributed by atoms with E-state index in [9.17, 15) is 9.18 Å². The van der Waals surface area contributed by atoms with E-state index in [0.29, 0.717) is 5.56 Å². The number of hydrogen-bond donors (Lipinski definition) is 0. The molecule has 0 saturated heterocycles. The average Bonchev–Trinajstić information content (AvgIpc) is 2.17. The molecular weight excluding hydrogens is 195 g/mol. The van der Waals surface area contributed by atoms with Crippen molar-refractivity contribution in [1.82, 2.24) is 0 Å². The van der Waals surface area contributed by atoms with Crippen LogP contribution in [0.1, 0.15) is 18.4 Å². The Morgan fingerprint density at radius 1 is 1.46 bits per heavy atom. The SMILES string of the molecule is CC(C(=O)OCl)c1ccc(F)cc1. The first-order chi connectivity index (χ1) is 6.15. The minimum atomic E-state index is -0.548. The van der Waals surface area contributed by atoms with Gasteiger partial charge in [-0.3, -0.25) is 0 Å². The Morgan fingerprint density at radius 2 is 2.00 bits per heavy atom. The predicted octanol–water partition coefficient (Wildman–Crippen LogP) is 2.63. The van der Waals surface area contributed by atoms with Gasteiger partial charge in [0.05, 0.1) is 5.92 Å². The number of benzene rings is 1. The third-order valence-corrected chi connectivity index (χ3v) is 1.95. The van der Waals surface area contributed by atoms with Crippen molar-refractivity contribution in [1.29, 1.82) is 0 Å². The highest BCUT2D eigenvalue weighted by atomic mass is 35.5. The summed E-state index contributed by atoms with van der Waals surface area (Å²) in [5.74, 6) is -1.36. The molecule has 1 aromatic rings. The number of rotatable bonds is 2. The second kappa shape index (κ2) is 4.23. The molecule has 0 radical (unpaired) electrons. The van der Waals surface area contributed by atoms with E-state index in [2.05, 4.69) is 4.29 Å². The van der Waals surface area contributed by atoms with Gasteiger partial charge in [-0.05, 0) is 24.6 Å². The lowest BCUT2D eigenvalue weighted by molar-refractivity contribution is -0.135. The standard InChI is InChI=1S/C9H8ClFO2/c1-6(9(12)13-10)7-2-4-8(11)5-3-7/h2-6H,1H3. The summed E-state index contributed by atoms with van der Waals surface area (Å²) >= 11 is 4.90. The lowest BCUT2D eigenvalue weighted by Crippen LogP contribution is -2.08. The van der Waals surface area contributed by atoms with Crippen LogP contribution < -0.4 is 0 Å². The van der Waals surface area contributed by atoms with Gasteiger partial charge < -0.3 is 4.29 Å². The largest absolute Gasteiger partial charge is 0.347 e. The molecule has 0 N–H and O–H groups in total. The minimum Gasteiger partial charge on any atom is -0.347 e. The molecule has 0 fully saturated rings. The fourth-order valence-corrected chi connectivity index (χ4v) is 1.09. The summed E-state index contributed by atoms with van der Waals surface area (Å²) in [6.07, 6.45) is 0. The maximum absolute atomic E-state index is 12.5. The van der Waals surface area contributed by atoms with Crippen LogP contribution in [0, 0.1) is 5.82 Å². The normalized spacial score (nSPS) is 12.2. The Labute approximate surface area is 80.4 Å². The first kappa shape index (κ1) is 9.99. The minimum absolute atomic E-state index is 0.338. The van der Waals surface area contributed by atoms with Crippen LogP contribution >= 0.6 is 11.9 Å². The van der Waals surface area contributed by atoms with E-state index in [-0.39, 0.29) is 5.82 Å². The molecule has 1 atom stereocenters. The van der Waals surface area contributed by atoms with Gasteiger partial charge in [-0.25, -0.2) is 9.18 Å². The molecule has 4 heteroatoms. The molecule has 0 heterocycles. The van der Waals surface area contributed by atoms with Gasteiger partial charge in [-0.15, -0.1) is 0 Å². The molecule has 13 heavy (non-hydrogen) atoms. The Kier molecular flexibility index (Phi) is 3.25. The number of hydrogen-bond acceptors (Lipinski definition) is 2. The van der Waals surface area contributed by atoms with E-state index in [1.165, 1.54) is 24.3 Å². The van der Waals surface area contributed by atoms with Crippen molar-refractivity contribution in [2.75, 3.05) is 0 Å². The van der Waals surface area contributed by atoms with Gasteiger partial charge in [-0.2, -0.15) is 0 Å². The van der Waals surface area contributed by atoms with Gasteiger partial charge in [0, 0.05) is 0 Å². The Morgan fingerprint density at radius 3 is 2.46 bits per heavy atom. The van der Waals surface area contributed by atoms with E-state index in [4.69, 9.17) is 11.9 Å². The molecule has 0 aliphatic rings. The summed E-state index contributed by atoms with van der Waals surface area (Å²) in [7, 11) is 0. The van der Waals surface area contributed by atoms with E-state index in [1.54, 1.807) is 6.92 Å². The van der Waals surface area contributed by atoms with Crippen LogP contribution in [0.3, 0.4) is 0 Å². The molecule has 0 spiro atoms. The summed E-state index contributed by atoms with van der Waals surface area (Å²) in [6.45, 7) is 1.64. The topological polar surface area (TPSA) is 26.3 Å². The van der Waals surface area contributed by atoms with Crippen LogP contribution in [-0.4, -0.2) is 5.97 Å². The molecule has 1 rings (SSSR count). The fourth-order valence-electron chi connectivity index (χ4n) is 0.954. The lowest BCUT2D eigenvalue weighted by Gasteiger charge is -2.06. The molecule has 0 aromatic heterocycles. The molecule has 2 nitrogen and oxygen atoms in total. The highest BCUT2D eigenvalue weighted by molar-refractivity contribution is 6.13. The predicted molar refractivity (Wildman–Crippen MR) is 46.8 cm³/mol. The van der Waals surface area contributed by atoms with Crippen molar-refractivity contribution in [3.05, 3.63) is 35.6 Å². The van der Waals surface area contributed by atoms with Crippen molar-refractivity contribution in [2.45, 2.75) is 12.8 Å². The summed E-state index contributed by atoms with van der Waals surface area (Å²) in [5, 5.41) is 0. The van der Waals surface area contributed by atoms with Gasteiger partial charge in [0.1, 0.15) is 17.7 Å². The third-order valence-electron chi connectivity index (χ3n) is 1.80. The van der Waals surface area contributed by atoms with Crippen LogP contribution in [-0.2, 0) is 9.08 Å². The highest BCUT2D eigenvalue weighted by Gasteiger charge is 2.16. The first-order valence-electron chi connectivity index (χ1n) is 3.73. The van der Waals surface area contributed by atoms with Crippen LogP contribution in [0.15, 0.2) is 24.3 Å². The van der Waals surface area contributed by atoms with Gasteiger partial charge in [0.25, 0.3) is 0 Å². The van der Waals surface area contributed by atoms with Gasteiger partial charge >= 0.3 is 5.97 Å². The molecule has 1 aromatic carbocycles. The summed E-state index contributed by atoms with van der Waals surface area (Å²) in [4.78, 5) is 10.9. The average molecular weight is 203 g/mol. The second-order valence-corrected chi connectivity index (χ2v) is 2.82. The summed E-state index contributed by atoms with van der Waals surface area (Å²) in [5.41, 5.74) is 0.673. The molecule has 0 saturated carbocycles. The molecule has 0 aliphatic carbocycles. The Balaban J connectivity index is 2.83. The monoisotopic (exact) mass is 202 g/mol. The molecular formula is C9H8ClFO2. The van der Waals surface area contributed by atoms with Crippen LogP contribution in [0.4, 0.5) is 4.39 Å². The van der Waals surface area contributed by atoms with Crippen molar-refractivity contribution >= 4 is 17.8 Å². The number of carbonyl (C=O) groups excluding carboxylic acids is 1. The number of carbonyl (C=O) groups is 1. The Hall–Kier alpha value is -1.09. The zero-order valence-electron chi connectivity index (χ0n) is 6.96. The second-order valence-electron chi connectivity index (χ2n) is 2.67.